The Bertz CT molecular complexity index is 900. The Morgan fingerprint density at radius 3 is 2.24 bits per heavy atom. The van der Waals surface area contributed by atoms with Gasteiger partial charge in [-0.15, -0.1) is 0 Å². The normalized spacial score (nSPS) is 52.6. The van der Waals surface area contributed by atoms with E-state index in [2.05, 4.69) is 54.5 Å². The molecular weight excluding hydrogens is 408 g/mol. The molecule has 0 aromatic heterocycles. The second-order valence-corrected chi connectivity index (χ2v) is 14.4. The van der Waals surface area contributed by atoms with Crippen LogP contribution < -0.4 is 0 Å². The van der Waals surface area contributed by atoms with Crippen molar-refractivity contribution in [3.8, 4) is 0 Å². The van der Waals surface area contributed by atoms with E-state index < -0.39 is 11.4 Å². The summed E-state index contributed by atoms with van der Waals surface area (Å²) in [5, 5.41) is 10.5. The Hall–Kier alpha value is -1.12. The molecule has 0 radical (unpaired) electrons. The summed E-state index contributed by atoms with van der Waals surface area (Å²) < 4.78 is 0. The minimum atomic E-state index is -0.517. The second-order valence-electron chi connectivity index (χ2n) is 14.4. The van der Waals surface area contributed by atoms with Crippen LogP contribution in [0.3, 0.4) is 0 Å². The molecule has 0 aromatic carbocycles. The Balaban J connectivity index is 1.59. The average Bonchev–Trinajstić information content (AvgIpc) is 3.13. The molecule has 3 unspecified atom stereocenters. The van der Waals surface area contributed by atoms with E-state index in [0.717, 1.165) is 38.5 Å². The summed E-state index contributed by atoms with van der Waals surface area (Å²) in [5.74, 6) is 2.63. The molecule has 3 heteroatoms. The lowest BCUT2D eigenvalue weighted by atomic mass is 9.33. The molecule has 5 aliphatic carbocycles. The molecule has 33 heavy (non-hydrogen) atoms. The molecule has 9 atom stereocenters. The summed E-state index contributed by atoms with van der Waals surface area (Å²) in [5.41, 5.74) is -0.377. The number of fused-ring (bicyclic) bond motifs is 7. The van der Waals surface area contributed by atoms with Crippen LogP contribution in [0.4, 0.5) is 0 Å². The number of allylic oxidation sites excluding steroid dienone is 2. The minimum absolute atomic E-state index is 0.0485. The number of aliphatic carboxylic acids is 1. The van der Waals surface area contributed by atoms with E-state index in [1.54, 1.807) is 0 Å². The van der Waals surface area contributed by atoms with Gasteiger partial charge in [-0.3, -0.25) is 9.59 Å². The first kappa shape index (κ1) is 23.6. The highest BCUT2D eigenvalue weighted by Gasteiger charge is 2.71. The van der Waals surface area contributed by atoms with Gasteiger partial charge in [0.1, 0.15) is 0 Å². The fourth-order valence-electron chi connectivity index (χ4n) is 11.1. The number of carboxylic acid groups (broad SMARTS) is 1. The molecule has 184 valence electrons. The van der Waals surface area contributed by atoms with Gasteiger partial charge < -0.3 is 5.11 Å². The van der Waals surface area contributed by atoms with Crippen molar-refractivity contribution in [3.63, 3.8) is 0 Å². The third kappa shape index (κ3) is 2.69. The molecule has 0 spiro atoms. The van der Waals surface area contributed by atoms with Crippen molar-refractivity contribution in [3.05, 3.63) is 12.2 Å². The number of carboxylic acids is 1. The molecule has 1 N–H and O–H groups in total. The quantitative estimate of drug-likeness (QED) is 0.482. The van der Waals surface area contributed by atoms with E-state index in [-0.39, 0.29) is 21.7 Å². The van der Waals surface area contributed by atoms with E-state index in [4.69, 9.17) is 0 Å². The Morgan fingerprint density at radius 2 is 1.61 bits per heavy atom. The molecule has 5 aliphatic rings. The van der Waals surface area contributed by atoms with Gasteiger partial charge in [-0.25, -0.2) is 0 Å². The zero-order valence-electron chi connectivity index (χ0n) is 22.0. The largest absolute Gasteiger partial charge is 0.481 e. The standard InChI is InChI=1S/C30H46O3/c1-18(2)19-10-15-30(25(32)33)17-16-28(6)20(24(19)30)8-9-22-27(5)13-12-23(31)26(3,4)21(27)11-14-29(22,28)7/h12-13,18-22,24H,8-11,14-17H2,1-7H3,(H,32,33)/t19-,20?,21?,22+,24?,27-,28+,29+,30-/m0/s1. The van der Waals surface area contributed by atoms with Crippen LogP contribution in [-0.4, -0.2) is 16.9 Å². The van der Waals surface area contributed by atoms with Crippen LogP contribution in [0.25, 0.3) is 0 Å². The van der Waals surface area contributed by atoms with Crippen molar-refractivity contribution in [2.45, 2.75) is 99.8 Å². The smallest absolute Gasteiger partial charge is 0.309 e. The number of carbonyl (C=O) groups excluding carboxylic acids is 1. The van der Waals surface area contributed by atoms with Crippen LogP contribution in [0.2, 0.25) is 0 Å². The molecule has 0 saturated heterocycles. The number of rotatable bonds is 2. The highest BCUT2D eigenvalue weighted by atomic mass is 16.4. The third-order valence-corrected chi connectivity index (χ3v) is 13.0. The van der Waals surface area contributed by atoms with Gasteiger partial charge in [0.2, 0.25) is 0 Å². The first-order valence-corrected chi connectivity index (χ1v) is 13.7. The van der Waals surface area contributed by atoms with E-state index in [9.17, 15) is 14.7 Å². The maximum absolute atomic E-state index is 12.8. The van der Waals surface area contributed by atoms with Crippen molar-refractivity contribution >= 4 is 11.8 Å². The molecular formula is C30H46O3. The third-order valence-electron chi connectivity index (χ3n) is 13.0. The molecule has 0 amide bonds. The van der Waals surface area contributed by atoms with Crippen molar-refractivity contribution in [1.82, 2.24) is 0 Å². The molecule has 0 heterocycles. The van der Waals surface area contributed by atoms with Crippen LogP contribution in [0.1, 0.15) is 99.8 Å². The summed E-state index contributed by atoms with van der Waals surface area (Å²) >= 11 is 0. The summed E-state index contributed by atoms with van der Waals surface area (Å²) in [6.45, 7) is 16.6. The summed E-state index contributed by atoms with van der Waals surface area (Å²) in [6, 6.07) is 0. The second kappa shape index (κ2) is 6.97. The summed E-state index contributed by atoms with van der Waals surface area (Å²) in [6.07, 6.45) is 12.7. The van der Waals surface area contributed by atoms with Gasteiger partial charge in [0.25, 0.3) is 0 Å². The lowest BCUT2D eigenvalue weighted by Crippen LogP contribution is -2.66. The predicted octanol–water partition coefficient (Wildman–Crippen LogP) is 7.15. The number of carbonyl (C=O) groups is 2. The minimum Gasteiger partial charge on any atom is -0.481 e. The summed E-state index contributed by atoms with van der Waals surface area (Å²) in [7, 11) is 0. The highest BCUT2D eigenvalue weighted by molar-refractivity contribution is 5.95. The molecule has 3 nitrogen and oxygen atoms in total. The van der Waals surface area contributed by atoms with Gasteiger partial charge in [-0.2, -0.15) is 0 Å². The van der Waals surface area contributed by atoms with E-state index in [1.165, 1.54) is 12.8 Å². The van der Waals surface area contributed by atoms with Crippen molar-refractivity contribution < 1.29 is 14.7 Å². The molecule has 4 fully saturated rings. The Kier molecular flexibility index (Phi) is 4.99. The first-order valence-electron chi connectivity index (χ1n) is 13.7. The fraction of sp³-hybridized carbons (Fsp3) is 0.867. The van der Waals surface area contributed by atoms with Crippen molar-refractivity contribution in [2.75, 3.05) is 0 Å². The molecule has 5 rings (SSSR count). The lowest BCUT2D eigenvalue weighted by molar-refractivity contribution is -0.223. The molecule has 0 bridgehead atoms. The topological polar surface area (TPSA) is 54.4 Å². The maximum Gasteiger partial charge on any atom is 0.309 e. The van der Waals surface area contributed by atoms with E-state index in [1.807, 2.05) is 6.08 Å². The Labute approximate surface area is 201 Å². The van der Waals surface area contributed by atoms with Gasteiger partial charge in [-0.05, 0) is 109 Å². The van der Waals surface area contributed by atoms with Crippen LogP contribution in [0.15, 0.2) is 12.2 Å². The van der Waals surface area contributed by atoms with Gasteiger partial charge in [-0.1, -0.05) is 54.5 Å². The van der Waals surface area contributed by atoms with Gasteiger partial charge in [0, 0.05) is 5.41 Å². The fourth-order valence-corrected chi connectivity index (χ4v) is 11.1. The van der Waals surface area contributed by atoms with E-state index >= 15 is 0 Å². The molecule has 0 aliphatic heterocycles. The average molecular weight is 455 g/mol. The maximum atomic E-state index is 12.8. The number of hydrogen-bond donors (Lipinski definition) is 1. The van der Waals surface area contributed by atoms with Crippen LogP contribution in [0, 0.1) is 62.6 Å². The number of hydrogen-bond acceptors (Lipinski definition) is 2. The molecule has 4 saturated carbocycles. The van der Waals surface area contributed by atoms with Gasteiger partial charge in [0.05, 0.1) is 5.41 Å². The number of ketones is 1. The monoisotopic (exact) mass is 454 g/mol. The highest BCUT2D eigenvalue weighted by Crippen LogP contribution is 2.76. The molecule has 0 aromatic rings. The van der Waals surface area contributed by atoms with Gasteiger partial charge >= 0.3 is 5.97 Å². The van der Waals surface area contributed by atoms with E-state index in [0.29, 0.717) is 41.3 Å². The summed E-state index contributed by atoms with van der Waals surface area (Å²) in [4.78, 5) is 25.6. The van der Waals surface area contributed by atoms with Crippen molar-refractivity contribution in [1.29, 1.82) is 0 Å². The van der Waals surface area contributed by atoms with Crippen molar-refractivity contribution in [2.24, 2.45) is 62.6 Å². The lowest BCUT2D eigenvalue weighted by Gasteiger charge is -2.71. The zero-order valence-corrected chi connectivity index (χ0v) is 22.0. The Morgan fingerprint density at radius 1 is 0.909 bits per heavy atom. The van der Waals surface area contributed by atoms with Crippen LogP contribution in [0.5, 0.6) is 0 Å². The predicted molar refractivity (Wildman–Crippen MR) is 132 cm³/mol. The van der Waals surface area contributed by atoms with Crippen LogP contribution >= 0.6 is 0 Å². The van der Waals surface area contributed by atoms with Crippen LogP contribution in [-0.2, 0) is 9.59 Å². The zero-order chi connectivity index (χ0) is 24.2. The van der Waals surface area contributed by atoms with Gasteiger partial charge in [0.15, 0.2) is 5.78 Å². The first-order chi connectivity index (χ1) is 15.3. The SMILES string of the molecule is CC(C)[C@@H]1CC[C@]2(C(=O)O)CC[C@]3(C)C(CC[C@@H]4[C@@]5(C)C=CC(=O)C(C)(C)C5CC[C@]43C)C12.